The number of rotatable bonds is 6. The molecule has 2 aliphatic rings. The lowest BCUT2D eigenvalue weighted by molar-refractivity contribution is 1.05. The molecular formula is C41H30N5P. The summed E-state index contributed by atoms with van der Waals surface area (Å²) in [5.41, 5.74) is 10.00. The van der Waals surface area contributed by atoms with Crippen LogP contribution in [-0.4, -0.2) is 32.8 Å². The number of nitrogens with zero attached hydrogens (tertiary/aromatic N) is 5. The molecule has 4 heterocycles. The number of benzene rings is 5. The fourth-order valence-electron chi connectivity index (χ4n) is 6.99. The van der Waals surface area contributed by atoms with Crippen LogP contribution in [0, 0.1) is 0 Å². The van der Waals surface area contributed by atoms with E-state index in [0.29, 0.717) is 12.8 Å². The van der Waals surface area contributed by atoms with Gasteiger partial charge in [-0.15, -0.1) is 0 Å². The first-order valence-corrected chi connectivity index (χ1v) is 17.8. The van der Waals surface area contributed by atoms with Crippen molar-refractivity contribution in [2.24, 2.45) is 9.98 Å². The molecule has 0 unspecified atom stereocenters. The van der Waals surface area contributed by atoms with Gasteiger partial charge in [0.25, 0.3) is 0 Å². The van der Waals surface area contributed by atoms with Gasteiger partial charge in [-0.1, -0.05) is 128 Å². The van der Waals surface area contributed by atoms with E-state index in [-0.39, 0.29) is 0 Å². The van der Waals surface area contributed by atoms with Crippen LogP contribution in [0.3, 0.4) is 0 Å². The van der Waals surface area contributed by atoms with Crippen LogP contribution in [0.5, 0.6) is 0 Å². The van der Waals surface area contributed by atoms with Crippen LogP contribution in [0.1, 0.15) is 17.2 Å². The molecule has 2 aliphatic heterocycles. The van der Waals surface area contributed by atoms with Crippen molar-refractivity contribution in [1.82, 2.24) is 14.5 Å². The number of pyridine rings is 1. The van der Waals surface area contributed by atoms with Gasteiger partial charge in [0.1, 0.15) is 0 Å². The Balaban J connectivity index is 1.31. The molecule has 224 valence electrons. The summed E-state index contributed by atoms with van der Waals surface area (Å²) in [6.07, 6.45) is 8.36. The fourth-order valence-corrected chi connectivity index (χ4v) is 10.3. The maximum atomic E-state index is 5.48. The van der Waals surface area contributed by atoms with Crippen molar-refractivity contribution >= 4 is 63.4 Å². The molecular weight excluding hydrogens is 593 g/mol. The predicted octanol–water partition coefficient (Wildman–Crippen LogP) is 7.75. The van der Waals surface area contributed by atoms with E-state index in [9.17, 15) is 0 Å². The van der Waals surface area contributed by atoms with Crippen LogP contribution in [0.15, 0.2) is 150 Å². The maximum absolute atomic E-state index is 5.48. The molecule has 7 aromatic rings. The number of hydrogen-bond donors (Lipinski definition) is 0. The summed E-state index contributed by atoms with van der Waals surface area (Å²) in [5, 5.41) is 3.49. The molecule has 0 saturated heterocycles. The van der Waals surface area contributed by atoms with Gasteiger partial charge in [0.05, 0.1) is 45.2 Å². The second-order valence-electron chi connectivity index (χ2n) is 11.9. The third-order valence-electron chi connectivity index (χ3n) is 9.18. The normalized spacial score (nSPS) is 13.5. The molecule has 9 rings (SSSR count). The Morgan fingerprint density at radius 3 is 2.00 bits per heavy atom. The summed E-state index contributed by atoms with van der Waals surface area (Å²) >= 11 is 0. The first kappa shape index (κ1) is 27.7. The van der Waals surface area contributed by atoms with Crippen molar-refractivity contribution in [2.45, 2.75) is 12.8 Å². The molecule has 5 nitrogen and oxygen atoms in total. The van der Waals surface area contributed by atoms with Gasteiger partial charge in [-0.05, 0) is 41.3 Å². The topological polar surface area (TPSA) is 55.4 Å². The molecule has 0 atom stereocenters. The molecule has 0 spiro atoms. The monoisotopic (exact) mass is 623 g/mol. The minimum atomic E-state index is -2.41. The van der Waals surface area contributed by atoms with E-state index < -0.39 is 6.89 Å². The van der Waals surface area contributed by atoms with Gasteiger partial charge < -0.3 is 0 Å². The van der Waals surface area contributed by atoms with Crippen LogP contribution in [0.25, 0.3) is 27.8 Å². The summed E-state index contributed by atoms with van der Waals surface area (Å²) in [4.78, 5) is 20.9. The van der Waals surface area contributed by atoms with Crippen molar-refractivity contribution < 1.29 is 0 Å². The first-order chi connectivity index (χ1) is 23.2. The Hall–Kier alpha value is -5.64. The zero-order chi connectivity index (χ0) is 31.4. The second kappa shape index (κ2) is 11.0. The molecule has 0 bridgehead atoms. The van der Waals surface area contributed by atoms with Crippen LogP contribution in [-0.2, 0) is 12.8 Å². The highest BCUT2D eigenvalue weighted by Crippen LogP contribution is 2.51. The Labute approximate surface area is 273 Å². The number of fused-ring (bicyclic) bond motifs is 3. The SMILES string of the molecule is C=P(c1ccccc1)(c1ccccc1)c1c2c(nc3c1N=C(c1nc4ccccc4n1-c1ccccc1-c1ccccc1)C3)CC=N2. The number of hydrogen-bond acceptors (Lipinski definition) is 4. The minimum absolute atomic E-state index is 0.579. The van der Waals surface area contributed by atoms with E-state index in [1.54, 1.807) is 0 Å². The predicted molar refractivity (Wildman–Crippen MR) is 198 cm³/mol. The third-order valence-corrected chi connectivity index (χ3v) is 12.7. The van der Waals surface area contributed by atoms with E-state index in [2.05, 4.69) is 138 Å². The zero-order valence-corrected chi connectivity index (χ0v) is 26.6. The standard InChI is InChI=1S/C41H30N5P/c1-47(29-17-7-3-8-18-29,30-19-9-4-10-20-30)40-38-33(25-26-42-38)43-34-27-35(44-39(34)40)41-45-32-22-12-14-24-37(32)46(41)36-23-13-11-21-31(36)28-15-5-2-6-16-28/h2-24,26H,1,25,27H2. The third kappa shape index (κ3) is 4.39. The van der Waals surface area contributed by atoms with Crippen molar-refractivity contribution in [3.8, 4) is 16.8 Å². The van der Waals surface area contributed by atoms with Gasteiger partial charge in [-0.25, -0.2) is 9.98 Å². The van der Waals surface area contributed by atoms with E-state index in [4.69, 9.17) is 26.3 Å². The first-order valence-electron chi connectivity index (χ1n) is 15.8. The Kier molecular flexibility index (Phi) is 6.48. The molecule has 0 fully saturated rings. The van der Waals surface area contributed by atoms with Gasteiger partial charge in [0.2, 0.25) is 0 Å². The van der Waals surface area contributed by atoms with E-state index in [1.165, 1.54) is 10.6 Å². The Bertz CT molecular complexity index is 2380. The summed E-state index contributed by atoms with van der Waals surface area (Å²) in [6, 6.07) is 48.7. The lowest BCUT2D eigenvalue weighted by atomic mass is 10.0. The zero-order valence-electron chi connectivity index (χ0n) is 25.7. The highest BCUT2D eigenvalue weighted by atomic mass is 31.2. The lowest BCUT2D eigenvalue weighted by Crippen LogP contribution is -2.27. The van der Waals surface area contributed by atoms with Gasteiger partial charge >= 0.3 is 0 Å². The largest absolute Gasteiger partial charge is 0.291 e. The highest BCUT2D eigenvalue weighted by Gasteiger charge is 2.36. The molecule has 47 heavy (non-hydrogen) atoms. The van der Waals surface area contributed by atoms with Gasteiger partial charge in [0, 0.05) is 29.9 Å². The minimum Gasteiger partial charge on any atom is -0.291 e. The molecule has 0 radical (unpaired) electrons. The maximum Gasteiger partial charge on any atom is 0.160 e. The number of imidazole rings is 1. The van der Waals surface area contributed by atoms with Crippen LogP contribution in [0.4, 0.5) is 11.4 Å². The van der Waals surface area contributed by atoms with Gasteiger partial charge in [-0.3, -0.25) is 14.5 Å². The molecule has 0 aliphatic carbocycles. The molecule has 2 aromatic heterocycles. The number of aliphatic imine (C=N–C) groups is 2. The molecule has 6 heteroatoms. The van der Waals surface area contributed by atoms with Crippen molar-refractivity contribution in [2.75, 3.05) is 0 Å². The molecule has 0 amide bonds. The van der Waals surface area contributed by atoms with Crippen molar-refractivity contribution in [1.29, 1.82) is 0 Å². The lowest BCUT2D eigenvalue weighted by Gasteiger charge is -2.29. The molecule has 0 N–H and O–H groups in total. The second-order valence-corrected chi connectivity index (χ2v) is 15.0. The smallest absolute Gasteiger partial charge is 0.160 e. The molecule has 0 saturated carbocycles. The number of para-hydroxylation sites is 3. The van der Waals surface area contributed by atoms with E-state index >= 15 is 0 Å². The highest BCUT2D eigenvalue weighted by molar-refractivity contribution is 7.93. The average molecular weight is 624 g/mol. The van der Waals surface area contributed by atoms with Gasteiger partial charge in [-0.2, -0.15) is 0 Å². The van der Waals surface area contributed by atoms with E-state index in [0.717, 1.165) is 67.5 Å². The average Bonchev–Trinajstić information content (AvgIpc) is 3.88. The summed E-state index contributed by atoms with van der Waals surface area (Å²) in [5.74, 6) is 0.828. The van der Waals surface area contributed by atoms with Crippen LogP contribution >= 0.6 is 6.89 Å². The molecule has 5 aromatic carbocycles. The van der Waals surface area contributed by atoms with E-state index in [1.807, 2.05) is 12.3 Å². The Morgan fingerprint density at radius 1 is 0.617 bits per heavy atom. The van der Waals surface area contributed by atoms with Crippen LogP contribution in [0.2, 0.25) is 0 Å². The van der Waals surface area contributed by atoms with Crippen LogP contribution < -0.4 is 15.9 Å². The summed E-state index contributed by atoms with van der Waals surface area (Å²) in [7, 11) is 0. The Morgan fingerprint density at radius 2 is 1.26 bits per heavy atom. The summed E-state index contributed by atoms with van der Waals surface area (Å²) < 4.78 is 2.27. The van der Waals surface area contributed by atoms with Crippen molar-refractivity contribution in [3.05, 3.63) is 157 Å². The fraction of sp³-hybridized carbons (Fsp3) is 0.0488. The summed E-state index contributed by atoms with van der Waals surface area (Å²) in [6.45, 7) is -2.41. The van der Waals surface area contributed by atoms with Crippen molar-refractivity contribution in [3.63, 3.8) is 0 Å². The number of aromatic nitrogens is 3. The van der Waals surface area contributed by atoms with Gasteiger partial charge in [0.15, 0.2) is 5.82 Å². The quantitative estimate of drug-likeness (QED) is 0.178.